The normalized spacial score (nSPS) is 10.8. The third kappa shape index (κ3) is 4.79. The minimum absolute atomic E-state index is 0.109. The number of carbonyl (C=O) groups excluding carboxylic acids is 1. The Morgan fingerprint density at radius 2 is 1.67 bits per heavy atom. The van der Waals surface area contributed by atoms with Crippen molar-refractivity contribution in [3.05, 3.63) is 59.7 Å². The molecule has 124 valence electrons. The summed E-state index contributed by atoms with van der Waals surface area (Å²) < 4.78 is 5.07. The van der Waals surface area contributed by atoms with E-state index in [1.807, 2.05) is 19.1 Å². The van der Waals surface area contributed by atoms with Crippen molar-refractivity contribution in [3.8, 4) is 5.75 Å². The summed E-state index contributed by atoms with van der Waals surface area (Å²) in [5.41, 5.74) is 10.7. The Morgan fingerprint density at radius 1 is 1.08 bits per heavy atom. The summed E-state index contributed by atoms with van der Waals surface area (Å²) in [6, 6.07) is 14.2. The van der Waals surface area contributed by atoms with Crippen molar-refractivity contribution in [2.45, 2.75) is 6.92 Å². The van der Waals surface area contributed by atoms with Crippen molar-refractivity contribution in [1.82, 2.24) is 5.43 Å². The zero-order valence-corrected chi connectivity index (χ0v) is 14.2. The Labute approximate surface area is 145 Å². The van der Waals surface area contributed by atoms with Gasteiger partial charge < -0.3 is 15.8 Å². The number of nitrogens with zero attached hydrogens (tertiary/aromatic N) is 1. The van der Waals surface area contributed by atoms with Gasteiger partial charge in [-0.25, -0.2) is 0 Å². The highest BCUT2D eigenvalue weighted by molar-refractivity contribution is 7.80. The second kappa shape index (κ2) is 8.07. The largest absolute Gasteiger partial charge is 0.497 e. The van der Waals surface area contributed by atoms with Crippen LogP contribution >= 0.6 is 12.2 Å². The molecule has 7 heteroatoms. The molecule has 0 heterocycles. The quantitative estimate of drug-likeness (QED) is 0.441. The Kier molecular flexibility index (Phi) is 5.86. The lowest BCUT2D eigenvalue weighted by Crippen LogP contribution is -2.25. The van der Waals surface area contributed by atoms with Gasteiger partial charge in [-0.3, -0.25) is 10.2 Å². The molecule has 0 fully saturated rings. The topological polar surface area (TPSA) is 88.7 Å². The van der Waals surface area contributed by atoms with Gasteiger partial charge in [-0.2, -0.15) is 5.10 Å². The summed E-state index contributed by atoms with van der Waals surface area (Å²) in [5.74, 6) is 0.516. The SMILES string of the molecule is COc1ccc(C(=O)Nc2ccc(C(C)=NNC(N)=S)cc2)cc1. The molecule has 1 amide bonds. The average Bonchev–Trinajstić information content (AvgIpc) is 2.60. The predicted octanol–water partition coefficient (Wildman–Crippen LogP) is 2.50. The van der Waals surface area contributed by atoms with Crippen LogP contribution in [0.25, 0.3) is 0 Å². The van der Waals surface area contributed by atoms with Crippen LogP contribution < -0.4 is 21.2 Å². The van der Waals surface area contributed by atoms with Crippen LogP contribution in [0.2, 0.25) is 0 Å². The molecule has 0 aliphatic heterocycles. The highest BCUT2D eigenvalue weighted by Crippen LogP contribution is 2.15. The van der Waals surface area contributed by atoms with Crippen molar-refractivity contribution in [2.24, 2.45) is 10.8 Å². The van der Waals surface area contributed by atoms with Gasteiger partial charge >= 0.3 is 0 Å². The molecule has 0 bridgehead atoms. The van der Waals surface area contributed by atoms with Gasteiger partial charge in [-0.15, -0.1) is 0 Å². The maximum Gasteiger partial charge on any atom is 0.255 e. The Balaban J connectivity index is 2.03. The number of benzene rings is 2. The van der Waals surface area contributed by atoms with Gasteiger partial charge in [0.2, 0.25) is 0 Å². The molecular weight excluding hydrogens is 324 g/mol. The minimum atomic E-state index is -0.189. The van der Waals surface area contributed by atoms with Crippen molar-refractivity contribution >= 4 is 34.6 Å². The second-order valence-corrected chi connectivity index (χ2v) is 5.37. The highest BCUT2D eigenvalue weighted by Gasteiger charge is 2.06. The highest BCUT2D eigenvalue weighted by atomic mass is 32.1. The van der Waals surface area contributed by atoms with E-state index in [9.17, 15) is 4.79 Å². The third-order valence-corrected chi connectivity index (χ3v) is 3.34. The summed E-state index contributed by atoms with van der Waals surface area (Å²) in [6.45, 7) is 1.83. The number of ether oxygens (including phenoxy) is 1. The van der Waals surface area contributed by atoms with Gasteiger partial charge in [0.1, 0.15) is 5.75 Å². The number of nitrogens with one attached hydrogen (secondary N) is 2. The van der Waals surface area contributed by atoms with Gasteiger partial charge in [0.25, 0.3) is 5.91 Å². The Morgan fingerprint density at radius 3 is 2.21 bits per heavy atom. The number of hydrogen-bond acceptors (Lipinski definition) is 4. The van der Waals surface area contributed by atoms with E-state index in [2.05, 4.69) is 15.8 Å². The van der Waals surface area contributed by atoms with E-state index in [0.717, 1.165) is 11.3 Å². The van der Waals surface area contributed by atoms with E-state index >= 15 is 0 Å². The van der Waals surface area contributed by atoms with Crippen LogP contribution in [0.3, 0.4) is 0 Å². The first-order valence-electron chi connectivity index (χ1n) is 7.15. The van der Waals surface area contributed by atoms with Crippen molar-refractivity contribution in [1.29, 1.82) is 0 Å². The summed E-state index contributed by atoms with van der Waals surface area (Å²) >= 11 is 4.70. The van der Waals surface area contributed by atoms with Gasteiger partial charge in [0.15, 0.2) is 5.11 Å². The molecule has 0 radical (unpaired) electrons. The summed E-state index contributed by atoms with van der Waals surface area (Å²) in [4.78, 5) is 12.2. The molecule has 0 spiro atoms. The fourth-order valence-electron chi connectivity index (χ4n) is 1.94. The fraction of sp³-hybridized carbons (Fsp3) is 0.118. The van der Waals surface area contributed by atoms with E-state index in [0.29, 0.717) is 17.0 Å². The first-order chi connectivity index (χ1) is 11.5. The monoisotopic (exact) mass is 342 g/mol. The molecule has 0 saturated carbocycles. The third-order valence-electron chi connectivity index (χ3n) is 3.25. The summed E-state index contributed by atoms with van der Waals surface area (Å²) in [5, 5.41) is 6.99. The first kappa shape index (κ1) is 17.4. The lowest BCUT2D eigenvalue weighted by molar-refractivity contribution is 0.102. The number of hydrogen-bond donors (Lipinski definition) is 3. The van der Waals surface area contributed by atoms with E-state index in [-0.39, 0.29) is 11.0 Å². The molecule has 0 aliphatic carbocycles. The number of rotatable bonds is 5. The van der Waals surface area contributed by atoms with Gasteiger partial charge in [0, 0.05) is 11.3 Å². The van der Waals surface area contributed by atoms with Crippen LogP contribution in [0, 0.1) is 0 Å². The van der Waals surface area contributed by atoms with Crippen LogP contribution in [0.5, 0.6) is 5.75 Å². The minimum Gasteiger partial charge on any atom is -0.497 e. The van der Waals surface area contributed by atoms with Gasteiger partial charge in [-0.05, 0) is 61.1 Å². The Bertz CT molecular complexity index is 755. The summed E-state index contributed by atoms with van der Waals surface area (Å²) in [6.07, 6.45) is 0. The van der Waals surface area contributed by atoms with Crippen LogP contribution in [0.15, 0.2) is 53.6 Å². The number of hydrazone groups is 1. The zero-order chi connectivity index (χ0) is 17.5. The number of anilines is 1. The maximum atomic E-state index is 12.2. The van der Waals surface area contributed by atoms with Crippen molar-refractivity contribution in [2.75, 3.05) is 12.4 Å². The molecule has 24 heavy (non-hydrogen) atoms. The van der Waals surface area contributed by atoms with E-state index in [1.165, 1.54) is 0 Å². The molecule has 0 aliphatic rings. The number of nitrogens with two attached hydrogens (primary N) is 1. The molecule has 2 aromatic carbocycles. The average molecular weight is 342 g/mol. The second-order valence-electron chi connectivity index (χ2n) is 4.93. The summed E-state index contributed by atoms with van der Waals surface area (Å²) in [7, 11) is 1.58. The molecule has 4 N–H and O–H groups in total. The van der Waals surface area contributed by atoms with Crippen LogP contribution in [0.4, 0.5) is 5.69 Å². The molecule has 0 unspecified atom stereocenters. The molecular formula is C17H18N4O2S. The number of thiocarbonyl (C=S) groups is 1. The van der Waals surface area contributed by atoms with E-state index in [4.69, 9.17) is 22.7 Å². The molecule has 0 atom stereocenters. The molecule has 2 rings (SSSR count). The van der Waals surface area contributed by atoms with E-state index in [1.54, 1.807) is 43.5 Å². The molecule has 0 aromatic heterocycles. The predicted molar refractivity (Wildman–Crippen MR) is 99.5 cm³/mol. The van der Waals surface area contributed by atoms with Crippen LogP contribution in [-0.4, -0.2) is 23.8 Å². The number of amides is 1. The van der Waals surface area contributed by atoms with Crippen molar-refractivity contribution in [3.63, 3.8) is 0 Å². The smallest absolute Gasteiger partial charge is 0.255 e. The molecule has 6 nitrogen and oxygen atoms in total. The number of carbonyl (C=O) groups is 1. The fourth-order valence-corrected chi connectivity index (χ4v) is 1.99. The lowest BCUT2D eigenvalue weighted by atomic mass is 10.1. The number of methoxy groups -OCH3 is 1. The van der Waals surface area contributed by atoms with Gasteiger partial charge in [0.05, 0.1) is 12.8 Å². The van der Waals surface area contributed by atoms with Crippen LogP contribution in [-0.2, 0) is 0 Å². The first-order valence-corrected chi connectivity index (χ1v) is 7.56. The lowest BCUT2D eigenvalue weighted by Gasteiger charge is -2.07. The zero-order valence-electron chi connectivity index (χ0n) is 13.4. The Hall–Kier alpha value is -2.93. The molecule has 2 aromatic rings. The van der Waals surface area contributed by atoms with E-state index < -0.39 is 0 Å². The maximum absolute atomic E-state index is 12.2. The molecule has 0 saturated heterocycles. The van der Waals surface area contributed by atoms with Crippen LogP contribution in [0.1, 0.15) is 22.8 Å². The standard InChI is InChI=1S/C17H18N4O2S/c1-11(20-21-17(18)24)12-3-7-14(8-4-12)19-16(22)13-5-9-15(23-2)10-6-13/h3-10H,1-2H3,(H,19,22)(H3,18,21,24). The van der Waals surface area contributed by atoms with Gasteiger partial charge in [-0.1, -0.05) is 12.1 Å². The van der Waals surface area contributed by atoms with Crippen molar-refractivity contribution < 1.29 is 9.53 Å².